The number of furan rings is 1. The Bertz CT molecular complexity index is 733. The van der Waals surface area contributed by atoms with Crippen LogP contribution in [0.15, 0.2) is 53.1 Å². The lowest BCUT2D eigenvalue weighted by Gasteiger charge is -2.36. The number of benzene rings is 1. The molecule has 0 spiro atoms. The van der Waals surface area contributed by atoms with E-state index < -0.39 is 5.54 Å². The average Bonchev–Trinajstić information content (AvgIpc) is 3.16. The van der Waals surface area contributed by atoms with Crippen LogP contribution in [0.5, 0.6) is 0 Å². The minimum Gasteiger partial charge on any atom is -0.467 e. The molecule has 0 aliphatic rings. The topological polar surface area (TPSA) is 53.8 Å². The highest BCUT2D eigenvalue weighted by atomic mass is 16.3. The van der Waals surface area contributed by atoms with Crippen LogP contribution in [0.4, 0.5) is 0 Å². The van der Waals surface area contributed by atoms with Crippen molar-refractivity contribution in [2.75, 3.05) is 13.1 Å². The van der Waals surface area contributed by atoms with Crippen LogP contribution in [0.2, 0.25) is 0 Å². The van der Waals surface area contributed by atoms with E-state index in [1.54, 1.807) is 16.1 Å². The van der Waals surface area contributed by atoms with E-state index in [4.69, 9.17) is 4.42 Å². The second-order valence-electron chi connectivity index (χ2n) is 8.03. The second-order valence-corrected chi connectivity index (χ2v) is 8.03. The summed E-state index contributed by atoms with van der Waals surface area (Å²) in [6.07, 6.45) is 3.59. The van der Waals surface area contributed by atoms with Gasteiger partial charge in [0.05, 0.1) is 12.8 Å². The SMILES string of the molecule is CCCC(=O)N(CC(=O)N(CCc1ccccc1)Cc1ccco1)C(C)(C)C. The molecular formula is C23H32N2O3. The predicted molar refractivity (Wildman–Crippen MR) is 111 cm³/mol. The van der Waals surface area contributed by atoms with Crippen LogP contribution in [0.1, 0.15) is 51.9 Å². The minimum atomic E-state index is -0.405. The van der Waals surface area contributed by atoms with Gasteiger partial charge in [-0.05, 0) is 51.3 Å². The summed E-state index contributed by atoms with van der Waals surface area (Å²) in [4.78, 5) is 29.2. The number of rotatable bonds is 9. The second kappa shape index (κ2) is 10.1. The Hall–Kier alpha value is -2.56. The van der Waals surface area contributed by atoms with Gasteiger partial charge in [-0.25, -0.2) is 0 Å². The summed E-state index contributed by atoms with van der Waals surface area (Å²) in [6.45, 7) is 8.93. The Balaban J connectivity index is 2.12. The van der Waals surface area contributed by atoms with Gasteiger partial charge in [0, 0.05) is 18.5 Å². The molecule has 0 bridgehead atoms. The van der Waals surface area contributed by atoms with Crippen LogP contribution in [0, 0.1) is 0 Å². The highest BCUT2D eigenvalue weighted by molar-refractivity contribution is 5.85. The maximum Gasteiger partial charge on any atom is 0.242 e. The van der Waals surface area contributed by atoms with Crippen molar-refractivity contribution in [2.45, 2.75) is 59.0 Å². The molecule has 2 aromatic rings. The van der Waals surface area contributed by atoms with E-state index in [0.29, 0.717) is 19.5 Å². The van der Waals surface area contributed by atoms with E-state index in [0.717, 1.165) is 18.6 Å². The van der Waals surface area contributed by atoms with Crippen molar-refractivity contribution in [3.05, 3.63) is 60.1 Å². The van der Waals surface area contributed by atoms with Crippen molar-refractivity contribution in [3.8, 4) is 0 Å². The average molecular weight is 385 g/mol. The molecule has 1 aromatic carbocycles. The molecule has 5 nitrogen and oxygen atoms in total. The lowest BCUT2D eigenvalue weighted by molar-refractivity contribution is -0.145. The standard InChI is InChI=1S/C23H32N2O3/c1-5-10-21(26)25(23(2,3)4)18-22(27)24(17-20-13-9-16-28-20)15-14-19-11-7-6-8-12-19/h6-9,11-13,16H,5,10,14-15,17-18H2,1-4H3. The molecule has 0 atom stereocenters. The van der Waals surface area contributed by atoms with Gasteiger partial charge in [-0.2, -0.15) is 0 Å². The van der Waals surface area contributed by atoms with Crippen molar-refractivity contribution in [1.29, 1.82) is 0 Å². The molecule has 2 amide bonds. The van der Waals surface area contributed by atoms with Gasteiger partial charge in [-0.15, -0.1) is 0 Å². The normalized spacial score (nSPS) is 11.3. The summed E-state index contributed by atoms with van der Waals surface area (Å²) < 4.78 is 5.45. The van der Waals surface area contributed by atoms with Crippen molar-refractivity contribution >= 4 is 11.8 Å². The fourth-order valence-electron chi connectivity index (χ4n) is 3.07. The van der Waals surface area contributed by atoms with E-state index in [9.17, 15) is 9.59 Å². The summed E-state index contributed by atoms with van der Waals surface area (Å²) >= 11 is 0. The molecule has 0 radical (unpaired) electrons. The predicted octanol–water partition coefficient (Wildman–Crippen LogP) is 4.28. The molecule has 0 unspecified atom stereocenters. The highest BCUT2D eigenvalue weighted by Crippen LogP contribution is 2.17. The molecule has 5 heteroatoms. The van der Waals surface area contributed by atoms with Gasteiger partial charge in [-0.3, -0.25) is 9.59 Å². The zero-order valence-corrected chi connectivity index (χ0v) is 17.5. The van der Waals surface area contributed by atoms with Crippen molar-refractivity contribution in [2.24, 2.45) is 0 Å². The van der Waals surface area contributed by atoms with E-state index in [1.807, 2.05) is 58.0 Å². The van der Waals surface area contributed by atoms with E-state index in [1.165, 1.54) is 5.56 Å². The fraction of sp³-hybridized carbons (Fsp3) is 0.478. The molecule has 0 N–H and O–H groups in total. The Kier molecular flexibility index (Phi) is 7.85. The summed E-state index contributed by atoms with van der Waals surface area (Å²) in [5, 5.41) is 0. The third kappa shape index (κ3) is 6.55. The summed E-state index contributed by atoms with van der Waals surface area (Å²) in [5.41, 5.74) is 0.770. The fourth-order valence-corrected chi connectivity index (χ4v) is 3.07. The maximum atomic E-state index is 13.1. The lowest BCUT2D eigenvalue weighted by Crippen LogP contribution is -2.51. The molecule has 1 heterocycles. The number of carbonyl (C=O) groups excluding carboxylic acids is 2. The van der Waals surface area contributed by atoms with Crippen molar-refractivity contribution < 1.29 is 14.0 Å². The monoisotopic (exact) mass is 384 g/mol. The van der Waals surface area contributed by atoms with Gasteiger partial charge < -0.3 is 14.2 Å². The third-order valence-electron chi connectivity index (χ3n) is 4.66. The molecule has 0 fully saturated rings. The van der Waals surface area contributed by atoms with Crippen LogP contribution in [-0.2, 0) is 22.6 Å². The Morgan fingerprint density at radius 3 is 2.29 bits per heavy atom. The summed E-state index contributed by atoms with van der Waals surface area (Å²) in [7, 11) is 0. The molecule has 1 aromatic heterocycles. The zero-order valence-electron chi connectivity index (χ0n) is 17.5. The van der Waals surface area contributed by atoms with Gasteiger partial charge in [0.15, 0.2) is 0 Å². The first-order valence-electron chi connectivity index (χ1n) is 9.95. The van der Waals surface area contributed by atoms with E-state index in [2.05, 4.69) is 12.1 Å². The number of amides is 2. The minimum absolute atomic E-state index is 0.0179. The van der Waals surface area contributed by atoms with Gasteiger partial charge >= 0.3 is 0 Å². The van der Waals surface area contributed by atoms with Crippen LogP contribution >= 0.6 is 0 Å². The number of hydrogen-bond donors (Lipinski definition) is 0. The van der Waals surface area contributed by atoms with Crippen LogP contribution < -0.4 is 0 Å². The lowest BCUT2D eigenvalue weighted by atomic mass is 10.0. The summed E-state index contributed by atoms with van der Waals surface area (Å²) in [6, 6.07) is 13.8. The largest absolute Gasteiger partial charge is 0.467 e. The first kappa shape index (κ1) is 21.7. The van der Waals surface area contributed by atoms with E-state index in [-0.39, 0.29) is 18.4 Å². The van der Waals surface area contributed by atoms with Gasteiger partial charge in [0.25, 0.3) is 0 Å². The van der Waals surface area contributed by atoms with E-state index >= 15 is 0 Å². The highest BCUT2D eigenvalue weighted by Gasteiger charge is 2.29. The molecule has 2 rings (SSSR count). The van der Waals surface area contributed by atoms with Crippen LogP contribution in [-0.4, -0.2) is 40.2 Å². The van der Waals surface area contributed by atoms with Crippen molar-refractivity contribution in [1.82, 2.24) is 9.80 Å². The Morgan fingerprint density at radius 2 is 1.71 bits per heavy atom. The number of hydrogen-bond acceptors (Lipinski definition) is 3. The first-order chi connectivity index (χ1) is 13.3. The molecule has 152 valence electrons. The number of nitrogens with zero attached hydrogens (tertiary/aromatic N) is 2. The molecule has 0 saturated carbocycles. The van der Waals surface area contributed by atoms with Gasteiger partial charge in [-0.1, -0.05) is 37.3 Å². The summed E-state index contributed by atoms with van der Waals surface area (Å²) in [5.74, 6) is 0.694. The quantitative estimate of drug-likeness (QED) is 0.648. The third-order valence-corrected chi connectivity index (χ3v) is 4.66. The maximum absolute atomic E-state index is 13.1. The first-order valence-corrected chi connectivity index (χ1v) is 9.95. The molecule has 0 aliphatic carbocycles. The Labute approximate surface area is 168 Å². The molecule has 0 aliphatic heterocycles. The van der Waals surface area contributed by atoms with Gasteiger partial charge in [0.1, 0.15) is 12.3 Å². The molecule has 0 saturated heterocycles. The molecular weight excluding hydrogens is 352 g/mol. The Morgan fingerprint density at radius 1 is 1.00 bits per heavy atom. The van der Waals surface area contributed by atoms with Crippen LogP contribution in [0.25, 0.3) is 0 Å². The van der Waals surface area contributed by atoms with Crippen molar-refractivity contribution in [3.63, 3.8) is 0 Å². The smallest absolute Gasteiger partial charge is 0.242 e. The zero-order chi connectivity index (χ0) is 20.6. The molecule has 28 heavy (non-hydrogen) atoms. The number of carbonyl (C=O) groups is 2. The van der Waals surface area contributed by atoms with Crippen LogP contribution in [0.3, 0.4) is 0 Å². The van der Waals surface area contributed by atoms with Gasteiger partial charge in [0.2, 0.25) is 11.8 Å².